The van der Waals surface area contributed by atoms with E-state index in [1.807, 2.05) is 79.7 Å². The first kappa shape index (κ1) is 51.0. The Bertz CT molecular complexity index is 2970. The number of hydrogen-bond donors (Lipinski definition) is 6. The minimum Gasteiger partial charge on any atom is -0.508 e. The van der Waals surface area contributed by atoms with E-state index in [0.29, 0.717) is 11.4 Å². The van der Waals surface area contributed by atoms with Crippen molar-refractivity contribution < 1.29 is 34.3 Å². The van der Waals surface area contributed by atoms with Gasteiger partial charge in [-0.3, -0.25) is 0 Å². The van der Waals surface area contributed by atoms with Crippen LogP contribution in [0.25, 0.3) is 0 Å². The molecule has 0 aliphatic heterocycles. The van der Waals surface area contributed by atoms with Crippen molar-refractivity contribution in [2.45, 2.75) is 52.4 Å². The second-order valence-electron chi connectivity index (χ2n) is 16.9. The fourth-order valence-electron chi connectivity index (χ4n) is 7.67. The van der Waals surface area contributed by atoms with Gasteiger partial charge in [0.2, 0.25) is 0 Å². The largest absolute Gasteiger partial charge is 0.508 e. The highest BCUT2D eigenvalue weighted by Crippen LogP contribution is 2.28. The quantitative estimate of drug-likeness (QED) is 0.0486. The first-order chi connectivity index (χ1) is 33.9. The summed E-state index contributed by atoms with van der Waals surface area (Å²) >= 11 is 0. The van der Waals surface area contributed by atoms with E-state index in [-0.39, 0.29) is 17.1 Å². The monoisotopic (exact) mass is 937 g/mol. The number of phenols is 2. The van der Waals surface area contributed by atoms with Gasteiger partial charge in [0.25, 0.3) is 0 Å². The number of aromatic hydroxyl groups is 2. The Labute approximate surface area is 412 Å². The van der Waals surface area contributed by atoms with Gasteiger partial charge in [-0.25, -0.2) is 4.79 Å². The zero-order chi connectivity index (χ0) is 49.8. The zero-order valence-electron chi connectivity index (χ0n) is 40.5. The molecule has 10 nitrogen and oxygen atoms in total. The van der Waals surface area contributed by atoms with Crippen LogP contribution in [0.3, 0.4) is 0 Å². The Morgan fingerprint density at radius 1 is 0.443 bits per heavy atom. The van der Waals surface area contributed by atoms with Crippen molar-refractivity contribution in [2.24, 2.45) is 0 Å². The normalized spacial score (nSPS) is 10.4. The number of carboxylic acids is 1. The Kier molecular flexibility index (Phi) is 18.7. The van der Waals surface area contributed by atoms with Crippen molar-refractivity contribution in [3.05, 3.63) is 226 Å². The molecular weight excluding hydrogens is 875 g/mol. The van der Waals surface area contributed by atoms with E-state index < -0.39 is 5.97 Å². The van der Waals surface area contributed by atoms with Crippen LogP contribution in [-0.4, -0.2) is 42.6 Å². The number of aryl methyl sites for hydroxylation is 8. The Morgan fingerprint density at radius 2 is 0.814 bits per heavy atom. The average molecular weight is 938 g/mol. The summed E-state index contributed by atoms with van der Waals surface area (Å²) in [5.74, 6) is 2.00. The molecule has 0 aliphatic rings. The summed E-state index contributed by atoms with van der Waals surface area (Å²) < 4.78 is 15.8. The average Bonchev–Trinajstić information content (AvgIpc) is 3.37. The van der Waals surface area contributed by atoms with Gasteiger partial charge in [0.05, 0.1) is 32.6 Å². The van der Waals surface area contributed by atoms with E-state index >= 15 is 0 Å². The van der Waals surface area contributed by atoms with Gasteiger partial charge in [-0.15, -0.1) is 0 Å². The molecule has 70 heavy (non-hydrogen) atoms. The van der Waals surface area contributed by atoms with Crippen molar-refractivity contribution in [1.82, 2.24) is 0 Å². The van der Waals surface area contributed by atoms with Gasteiger partial charge in [0.15, 0.2) is 0 Å². The molecule has 360 valence electrons. The van der Waals surface area contributed by atoms with Crippen LogP contribution in [0.2, 0.25) is 0 Å². The van der Waals surface area contributed by atoms with E-state index in [9.17, 15) is 20.1 Å². The van der Waals surface area contributed by atoms with Crippen LogP contribution in [0.4, 0.5) is 28.4 Å². The molecule has 0 unspecified atom stereocenters. The number of carbonyl (C=O) groups is 1. The number of anilines is 5. The molecule has 0 saturated heterocycles. The molecule has 8 aromatic rings. The SMILES string of the molecule is COc1cccc(CCc2ccc(C(=O)O)c(Nc3cccc(O)c3)c2)c1.COc1cccc(CCc2ccc(C)c(N)c2)c1.COc1cccc(CCc2ccc(C)c(Nc3cccc(O)c3)c2)c1. The molecule has 0 heterocycles. The van der Waals surface area contributed by atoms with E-state index in [1.165, 1.54) is 27.8 Å². The van der Waals surface area contributed by atoms with Gasteiger partial charge in [-0.05, 0) is 182 Å². The summed E-state index contributed by atoms with van der Waals surface area (Å²) in [7, 11) is 5.03. The second kappa shape index (κ2) is 25.7. The minimum atomic E-state index is -1.00. The number of nitrogens with one attached hydrogen (secondary N) is 2. The maximum Gasteiger partial charge on any atom is 0.337 e. The highest BCUT2D eigenvalue weighted by molar-refractivity contribution is 5.95. The van der Waals surface area contributed by atoms with Crippen molar-refractivity contribution in [1.29, 1.82) is 0 Å². The van der Waals surface area contributed by atoms with Crippen molar-refractivity contribution >= 4 is 34.4 Å². The Balaban J connectivity index is 0.000000176. The van der Waals surface area contributed by atoms with Crippen LogP contribution in [0.5, 0.6) is 28.7 Å². The van der Waals surface area contributed by atoms with Gasteiger partial charge in [0.1, 0.15) is 28.7 Å². The summed E-state index contributed by atoms with van der Waals surface area (Å²) in [6, 6.07) is 56.1. The summed E-state index contributed by atoms with van der Waals surface area (Å²) in [5, 5.41) is 35.2. The lowest BCUT2D eigenvalue weighted by atomic mass is 10.0. The minimum absolute atomic E-state index is 0.117. The van der Waals surface area contributed by atoms with Crippen molar-refractivity contribution in [3.8, 4) is 28.7 Å². The predicted octanol–water partition coefficient (Wildman–Crippen LogP) is 13.2. The van der Waals surface area contributed by atoms with E-state index in [4.69, 9.17) is 19.9 Å². The lowest BCUT2D eigenvalue weighted by Crippen LogP contribution is -2.04. The second-order valence-corrected chi connectivity index (χ2v) is 16.9. The highest BCUT2D eigenvalue weighted by atomic mass is 16.5. The summed E-state index contributed by atoms with van der Waals surface area (Å²) in [4.78, 5) is 11.5. The van der Waals surface area contributed by atoms with Crippen LogP contribution in [0.1, 0.15) is 54.9 Å². The number of carboxylic acid groups (broad SMARTS) is 1. The number of hydrogen-bond acceptors (Lipinski definition) is 9. The van der Waals surface area contributed by atoms with Crippen LogP contribution in [-0.2, 0) is 38.5 Å². The molecule has 0 aliphatic carbocycles. The summed E-state index contributed by atoms with van der Waals surface area (Å²) in [5.41, 5.74) is 19.6. The molecular formula is C60H63N3O7. The number of rotatable bonds is 17. The number of methoxy groups -OCH3 is 3. The maximum absolute atomic E-state index is 11.5. The lowest BCUT2D eigenvalue weighted by molar-refractivity contribution is 0.0698. The van der Waals surface area contributed by atoms with Crippen molar-refractivity contribution in [3.63, 3.8) is 0 Å². The van der Waals surface area contributed by atoms with Gasteiger partial charge < -0.3 is 45.9 Å². The number of aromatic carboxylic acids is 1. The summed E-state index contributed by atoms with van der Waals surface area (Å²) in [6.45, 7) is 4.11. The first-order valence-electron chi connectivity index (χ1n) is 23.2. The fourth-order valence-corrected chi connectivity index (χ4v) is 7.67. The third kappa shape index (κ3) is 15.9. The Hall–Kier alpha value is -8.37. The molecule has 8 rings (SSSR count). The lowest BCUT2D eigenvalue weighted by Gasteiger charge is -2.12. The summed E-state index contributed by atoms with van der Waals surface area (Å²) in [6.07, 6.45) is 5.50. The molecule has 0 aromatic heterocycles. The maximum atomic E-state index is 11.5. The number of benzene rings is 8. The first-order valence-corrected chi connectivity index (χ1v) is 23.2. The van der Waals surface area contributed by atoms with E-state index in [0.717, 1.165) is 89.5 Å². The van der Waals surface area contributed by atoms with Crippen LogP contribution in [0, 0.1) is 13.8 Å². The van der Waals surface area contributed by atoms with Gasteiger partial charge in [0, 0.05) is 34.9 Å². The third-order valence-corrected chi connectivity index (χ3v) is 11.7. The highest BCUT2D eigenvalue weighted by Gasteiger charge is 2.12. The topological polar surface area (TPSA) is 156 Å². The Morgan fingerprint density at radius 3 is 1.23 bits per heavy atom. The molecule has 0 amide bonds. The predicted molar refractivity (Wildman–Crippen MR) is 284 cm³/mol. The van der Waals surface area contributed by atoms with E-state index in [2.05, 4.69) is 78.2 Å². The third-order valence-electron chi connectivity index (χ3n) is 11.7. The van der Waals surface area contributed by atoms with Gasteiger partial charge in [-0.2, -0.15) is 0 Å². The molecule has 10 heteroatoms. The smallest absolute Gasteiger partial charge is 0.337 e. The fraction of sp³-hybridized carbons (Fsp3) is 0.183. The standard InChI is InChI=1S/C22H21NO4.C22H23NO2.C16H19NO/c1-27-19-7-2-4-15(12-19)8-9-16-10-11-20(22(25)26)21(13-16)23-17-5-3-6-18(24)14-17;1-16-9-10-18(12-11-17-5-3-8-21(13-17)25-2)14-22(16)23-19-6-4-7-20(24)15-19;1-12-6-7-14(11-16(12)17)9-8-13-4-3-5-15(10-13)18-2/h2-7,10-14,23-24H,8-9H2,1H3,(H,25,26);3-10,13-15,23-24H,11-12H2,1-2H3;3-7,10-11H,8-9,17H2,1-2H3. The molecule has 8 aromatic carbocycles. The van der Waals surface area contributed by atoms with Crippen LogP contribution < -0.4 is 30.6 Å². The van der Waals surface area contributed by atoms with Crippen LogP contribution in [0.15, 0.2) is 176 Å². The number of nitrogen functional groups attached to an aromatic ring is 1. The number of nitrogens with two attached hydrogens (primary N) is 1. The molecule has 0 fully saturated rings. The van der Waals surface area contributed by atoms with Gasteiger partial charge >= 0.3 is 5.97 Å². The molecule has 0 atom stereocenters. The van der Waals surface area contributed by atoms with E-state index in [1.54, 1.807) is 63.8 Å². The molecule has 7 N–H and O–H groups in total. The molecule has 0 radical (unpaired) electrons. The molecule has 0 saturated carbocycles. The number of phenolic OH excluding ortho intramolecular Hbond substituents is 2. The van der Waals surface area contributed by atoms with Crippen LogP contribution >= 0.6 is 0 Å². The molecule has 0 bridgehead atoms. The number of ether oxygens (including phenoxy) is 3. The molecule has 0 spiro atoms. The van der Waals surface area contributed by atoms with Gasteiger partial charge in [-0.1, -0.05) is 78.9 Å². The van der Waals surface area contributed by atoms with Crippen molar-refractivity contribution in [2.75, 3.05) is 37.7 Å². The zero-order valence-corrected chi connectivity index (χ0v) is 40.5.